The summed E-state index contributed by atoms with van der Waals surface area (Å²) in [5, 5.41) is 2.63. The number of hydrogen-bond donors (Lipinski definition) is 1. The Morgan fingerprint density at radius 2 is 2.19 bits per heavy atom. The van der Waals surface area contributed by atoms with Gasteiger partial charge in [0.1, 0.15) is 6.61 Å². The maximum absolute atomic E-state index is 11.3. The summed E-state index contributed by atoms with van der Waals surface area (Å²) >= 11 is 0. The molecule has 0 radical (unpaired) electrons. The van der Waals surface area contributed by atoms with E-state index in [1.807, 2.05) is 0 Å². The summed E-state index contributed by atoms with van der Waals surface area (Å²) in [4.78, 5) is 11.3. The molecule has 1 rings (SSSR count). The van der Waals surface area contributed by atoms with Crippen LogP contribution in [-0.2, 0) is 24.1 Å². The normalized spacial score (nSPS) is 23.2. The van der Waals surface area contributed by atoms with Gasteiger partial charge in [0.25, 0.3) is 0 Å². The maximum atomic E-state index is 11.3. The van der Waals surface area contributed by atoms with Gasteiger partial charge in [-0.2, -0.15) is 0 Å². The number of nitrogens with one attached hydrogen (secondary N) is 1. The molecule has 1 aliphatic rings. The van der Waals surface area contributed by atoms with Crippen LogP contribution in [0.15, 0.2) is 0 Å². The van der Waals surface area contributed by atoms with Crippen LogP contribution in [0.25, 0.3) is 0 Å². The summed E-state index contributed by atoms with van der Waals surface area (Å²) in [5.74, 6) is -0.0857. The zero-order chi connectivity index (χ0) is 12.0. The molecule has 0 aromatic rings. The first kappa shape index (κ1) is 13.4. The molecule has 1 amide bonds. The van der Waals surface area contributed by atoms with E-state index >= 15 is 0 Å². The summed E-state index contributed by atoms with van der Waals surface area (Å²) in [6, 6.07) is -0.261. The quantitative estimate of drug-likeness (QED) is 0.609. The predicted molar refractivity (Wildman–Crippen MR) is 57.9 cm³/mol. The summed E-state index contributed by atoms with van der Waals surface area (Å²) in [6.45, 7) is 0.734. The average molecular weight is 251 g/mol. The molecule has 1 heterocycles. The molecule has 1 fully saturated rings. The van der Waals surface area contributed by atoms with Crippen molar-refractivity contribution in [3.8, 4) is 0 Å². The summed E-state index contributed by atoms with van der Waals surface area (Å²) < 4.78 is 32.0. The van der Waals surface area contributed by atoms with Crippen LogP contribution in [0, 0.1) is 0 Å². The van der Waals surface area contributed by atoms with Gasteiger partial charge in [-0.25, -0.2) is 8.42 Å². The molecule has 0 saturated carbocycles. The fraction of sp³-hybridized carbons (Fsp3) is 0.889. The summed E-state index contributed by atoms with van der Waals surface area (Å²) in [7, 11) is -1.40. The van der Waals surface area contributed by atoms with Crippen LogP contribution in [0.5, 0.6) is 0 Å². The molecule has 0 aromatic carbocycles. The predicted octanol–water partition coefficient (Wildman–Crippen LogP) is -1.05. The van der Waals surface area contributed by atoms with Crippen molar-refractivity contribution in [2.24, 2.45) is 0 Å². The van der Waals surface area contributed by atoms with Gasteiger partial charge in [-0.3, -0.25) is 4.79 Å². The molecule has 1 N–H and O–H groups in total. The second-order valence-electron chi connectivity index (χ2n) is 3.71. The van der Waals surface area contributed by atoms with E-state index < -0.39 is 9.84 Å². The molecule has 1 saturated heterocycles. The van der Waals surface area contributed by atoms with E-state index in [0.717, 1.165) is 0 Å². The molecule has 0 aromatic heterocycles. The number of hydrogen-bond acceptors (Lipinski definition) is 5. The number of methoxy groups -OCH3 is 1. The Morgan fingerprint density at radius 3 is 2.75 bits per heavy atom. The maximum Gasteiger partial charge on any atom is 0.246 e. The highest BCUT2D eigenvalue weighted by atomic mass is 32.2. The van der Waals surface area contributed by atoms with Gasteiger partial charge in [-0.05, 0) is 6.42 Å². The van der Waals surface area contributed by atoms with Crippen LogP contribution >= 0.6 is 0 Å². The fourth-order valence-electron chi connectivity index (χ4n) is 1.49. The van der Waals surface area contributed by atoms with Crippen molar-refractivity contribution in [2.45, 2.75) is 12.5 Å². The SMILES string of the molecule is COCCOCC(=O)NC1CCS(=O)(=O)C1. The van der Waals surface area contributed by atoms with E-state index in [1.54, 1.807) is 7.11 Å². The van der Waals surface area contributed by atoms with Crippen LogP contribution in [0.4, 0.5) is 0 Å². The monoisotopic (exact) mass is 251 g/mol. The molecule has 6 nitrogen and oxygen atoms in total. The molecule has 1 unspecified atom stereocenters. The van der Waals surface area contributed by atoms with Crippen LogP contribution < -0.4 is 5.32 Å². The first-order valence-electron chi connectivity index (χ1n) is 5.10. The minimum Gasteiger partial charge on any atom is -0.382 e. The van der Waals surface area contributed by atoms with E-state index in [0.29, 0.717) is 19.6 Å². The van der Waals surface area contributed by atoms with Crippen molar-refractivity contribution in [3.05, 3.63) is 0 Å². The largest absolute Gasteiger partial charge is 0.382 e. The Hall–Kier alpha value is -0.660. The highest BCUT2D eigenvalue weighted by molar-refractivity contribution is 7.91. The Bertz CT molecular complexity index is 327. The van der Waals surface area contributed by atoms with Gasteiger partial charge >= 0.3 is 0 Å². The van der Waals surface area contributed by atoms with Crippen molar-refractivity contribution in [1.82, 2.24) is 5.32 Å². The van der Waals surface area contributed by atoms with E-state index in [1.165, 1.54) is 0 Å². The van der Waals surface area contributed by atoms with Gasteiger partial charge < -0.3 is 14.8 Å². The van der Waals surface area contributed by atoms with Crippen LogP contribution in [-0.4, -0.2) is 58.8 Å². The Kier molecular flexibility index (Phi) is 5.17. The van der Waals surface area contributed by atoms with Gasteiger partial charge in [0.15, 0.2) is 9.84 Å². The lowest BCUT2D eigenvalue weighted by molar-refractivity contribution is -0.126. The number of ether oxygens (including phenoxy) is 2. The lowest BCUT2D eigenvalue weighted by atomic mass is 10.2. The van der Waals surface area contributed by atoms with Gasteiger partial charge in [-0.1, -0.05) is 0 Å². The summed E-state index contributed by atoms with van der Waals surface area (Å²) in [5.41, 5.74) is 0. The van der Waals surface area contributed by atoms with E-state index in [9.17, 15) is 13.2 Å². The molecule has 0 spiro atoms. The van der Waals surface area contributed by atoms with Gasteiger partial charge in [0.2, 0.25) is 5.91 Å². The lowest BCUT2D eigenvalue weighted by Crippen LogP contribution is -2.38. The Balaban J connectivity index is 2.15. The number of rotatable bonds is 6. The molecule has 7 heteroatoms. The van der Waals surface area contributed by atoms with Crippen molar-refractivity contribution in [3.63, 3.8) is 0 Å². The third-order valence-electron chi connectivity index (χ3n) is 2.26. The molecule has 1 atom stereocenters. The minimum absolute atomic E-state index is 0.0385. The van der Waals surface area contributed by atoms with E-state index in [2.05, 4.69) is 5.32 Å². The molecule has 0 aliphatic carbocycles. The molecule has 94 valence electrons. The number of carbonyl (C=O) groups is 1. The topological polar surface area (TPSA) is 81.7 Å². The molecule has 1 aliphatic heterocycles. The van der Waals surface area contributed by atoms with Crippen LogP contribution in [0.2, 0.25) is 0 Å². The third kappa shape index (κ3) is 4.91. The second kappa shape index (κ2) is 6.17. The molecule has 0 bridgehead atoms. The fourth-order valence-corrected chi connectivity index (χ4v) is 3.16. The average Bonchev–Trinajstić information content (AvgIpc) is 2.53. The van der Waals surface area contributed by atoms with Crippen molar-refractivity contribution in [2.75, 3.05) is 38.4 Å². The van der Waals surface area contributed by atoms with Crippen molar-refractivity contribution >= 4 is 15.7 Å². The van der Waals surface area contributed by atoms with Crippen LogP contribution in [0.3, 0.4) is 0 Å². The van der Waals surface area contributed by atoms with Crippen molar-refractivity contribution < 1.29 is 22.7 Å². The first-order chi connectivity index (χ1) is 7.53. The zero-order valence-electron chi connectivity index (χ0n) is 9.27. The molecular formula is C9H17NO5S. The molecule has 16 heavy (non-hydrogen) atoms. The number of sulfone groups is 1. The lowest BCUT2D eigenvalue weighted by Gasteiger charge is -2.10. The zero-order valence-corrected chi connectivity index (χ0v) is 10.1. The van der Waals surface area contributed by atoms with Crippen molar-refractivity contribution in [1.29, 1.82) is 0 Å². The van der Waals surface area contributed by atoms with Crippen LogP contribution in [0.1, 0.15) is 6.42 Å². The minimum atomic E-state index is -2.95. The van der Waals surface area contributed by atoms with Gasteiger partial charge in [-0.15, -0.1) is 0 Å². The van der Waals surface area contributed by atoms with Gasteiger partial charge in [0.05, 0.1) is 24.7 Å². The Morgan fingerprint density at radius 1 is 1.44 bits per heavy atom. The summed E-state index contributed by atoms with van der Waals surface area (Å²) in [6.07, 6.45) is 0.492. The smallest absolute Gasteiger partial charge is 0.246 e. The number of carbonyl (C=O) groups excluding carboxylic acids is 1. The second-order valence-corrected chi connectivity index (χ2v) is 5.94. The standard InChI is InChI=1S/C9H17NO5S/c1-14-3-4-15-6-9(11)10-8-2-5-16(12,13)7-8/h8H,2-7H2,1H3,(H,10,11). The van der Waals surface area contributed by atoms with E-state index in [4.69, 9.17) is 9.47 Å². The Labute approximate surface area is 95.2 Å². The van der Waals surface area contributed by atoms with E-state index in [-0.39, 0.29) is 30.1 Å². The highest BCUT2D eigenvalue weighted by Crippen LogP contribution is 2.10. The highest BCUT2D eigenvalue weighted by Gasteiger charge is 2.28. The first-order valence-corrected chi connectivity index (χ1v) is 6.92. The van der Waals surface area contributed by atoms with Gasteiger partial charge in [0, 0.05) is 13.2 Å². The third-order valence-corrected chi connectivity index (χ3v) is 4.03. The number of amides is 1. The molecular weight excluding hydrogens is 234 g/mol.